The number of imidazole rings is 1. The lowest BCUT2D eigenvalue weighted by atomic mass is 10.1. The Kier molecular flexibility index (Phi) is 3.84. The van der Waals surface area contributed by atoms with Gasteiger partial charge in [-0.25, -0.2) is 9.37 Å². The minimum atomic E-state index is -0.237. The average molecular weight is 328 g/mol. The van der Waals surface area contributed by atoms with Crippen molar-refractivity contribution in [2.45, 2.75) is 39.2 Å². The minimum Gasteiger partial charge on any atom is -0.361 e. The van der Waals surface area contributed by atoms with Gasteiger partial charge in [0, 0.05) is 12.1 Å². The molecule has 1 aliphatic rings. The number of fused-ring (bicyclic) bond motifs is 1. The van der Waals surface area contributed by atoms with Crippen LogP contribution in [0.4, 0.5) is 4.39 Å². The predicted molar refractivity (Wildman–Crippen MR) is 89.3 cm³/mol. The second-order valence-corrected chi connectivity index (χ2v) is 6.53. The summed E-state index contributed by atoms with van der Waals surface area (Å²) >= 11 is 0. The van der Waals surface area contributed by atoms with Gasteiger partial charge in [-0.05, 0) is 57.9 Å². The topological polar surface area (TPSA) is 58.0 Å². The third-order valence-electron chi connectivity index (χ3n) is 4.97. The summed E-state index contributed by atoms with van der Waals surface area (Å²) in [4.78, 5) is 10.4. The number of aryl methyl sites for hydroxylation is 2. The number of halogens is 1. The quantitative estimate of drug-likeness (QED) is 0.793. The van der Waals surface area contributed by atoms with Gasteiger partial charge in [0.25, 0.3) is 0 Å². The Morgan fingerprint density at radius 1 is 1.38 bits per heavy atom. The van der Waals surface area contributed by atoms with Crippen molar-refractivity contribution in [2.75, 3.05) is 13.1 Å². The summed E-state index contributed by atoms with van der Waals surface area (Å²) in [6.07, 6.45) is 3.15. The first kappa shape index (κ1) is 15.3. The van der Waals surface area contributed by atoms with E-state index in [-0.39, 0.29) is 11.9 Å². The molecular formula is C18H21FN4O. The van der Waals surface area contributed by atoms with Crippen molar-refractivity contribution in [2.24, 2.45) is 0 Å². The van der Waals surface area contributed by atoms with Gasteiger partial charge in [-0.2, -0.15) is 0 Å². The molecule has 5 nitrogen and oxygen atoms in total. The normalized spacial score (nSPS) is 18.7. The molecule has 2 aromatic heterocycles. The molecule has 0 amide bonds. The summed E-state index contributed by atoms with van der Waals surface area (Å²) in [7, 11) is 0. The van der Waals surface area contributed by atoms with E-state index in [0.717, 1.165) is 60.7 Å². The summed E-state index contributed by atoms with van der Waals surface area (Å²) in [5.74, 6) is 1.61. The first-order valence-electron chi connectivity index (χ1n) is 8.43. The molecule has 0 radical (unpaired) electrons. The molecule has 0 spiro atoms. The third-order valence-corrected chi connectivity index (χ3v) is 4.97. The highest BCUT2D eigenvalue weighted by atomic mass is 19.1. The van der Waals surface area contributed by atoms with E-state index in [2.05, 4.69) is 20.0 Å². The van der Waals surface area contributed by atoms with E-state index in [1.54, 1.807) is 6.07 Å². The fourth-order valence-electron chi connectivity index (χ4n) is 3.68. The van der Waals surface area contributed by atoms with Crippen LogP contribution in [0.1, 0.15) is 41.7 Å². The molecule has 0 saturated carbocycles. The van der Waals surface area contributed by atoms with Crippen LogP contribution >= 0.6 is 0 Å². The Labute approximate surface area is 139 Å². The summed E-state index contributed by atoms with van der Waals surface area (Å²) in [6.45, 7) is 5.95. The fourth-order valence-corrected chi connectivity index (χ4v) is 3.68. The number of hydrogen-bond donors (Lipinski definition) is 1. The summed E-state index contributed by atoms with van der Waals surface area (Å²) in [5, 5.41) is 4.03. The number of rotatable bonds is 4. The molecule has 1 aliphatic heterocycles. The van der Waals surface area contributed by atoms with Crippen molar-refractivity contribution in [3.8, 4) is 0 Å². The molecule has 126 valence electrons. The largest absolute Gasteiger partial charge is 0.361 e. The van der Waals surface area contributed by atoms with Gasteiger partial charge in [0.1, 0.15) is 17.4 Å². The van der Waals surface area contributed by atoms with Gasteiger partial charge in [0.15, 0.2) is 0 Å². The molecule has 24 heavy (non-hydrogen) atoms. The van der Waals surface area contributed by atoms with Gasteiger partial charge in [0.05, 0.1) is 22.8 Å². The highest BCUT2D eigenvalue weighted by Gasteiger charge is 2.28. The van der Waals surface area contributed by atoms with Crippen LogP contribution in [0.5, 0.6) is 0 Å². The van der Waals surface area contributed by atoms with E-state index in [1.165, 1.54) is 17.7 Å². The van der Waals surface area contributed by atoms with Crippen molar-refractivity contribution < 1.29 is 8.91 Å². The summed E-state index contributed by atoms with van der Waals surface area (Å²) in [5.41, 5.74) is 3.77. The third kappa shape index (κ3) is 2.71. The van der Waals surface area contributed by atoms with E-state index in [4.69, 9.17) is 4.52 Å². The lowest BCUT2D eigenvalue weighted by Crippen LogP contribution is -2.26. The van der Waals surface area contributed by atoms with Crippen molar-refractivity contribution >= 4 is 11.0 Å². The number of likely N-dealkylation sites (tertiary alicyclic amines) is 1. The molecule has 1 atom stereocenters. The molecule has 3 aromatic rings. The molecule has 0 aliphatic carbocycles. The molecule has 1 aromatic carbocycles. The molecule has 4 rings (SSSR count). The van der Waals surface area contributed by atoms with Crippen molar-refractivity contribution in [3.63, 3.8) is 0 Å². The Morgan fingerprint density at radius 2 is 2.25 bits per heavy atom. The number of H-pyrrole nitrogens is 1. The molecule has 1 fully saturated rings. The number of aromatic nitrogens is 3. The van der Waals surface area contributed by atoms with Crippen LogP contribution in [0, 0.1) is 19.7 Å². The first-order chi connectivity index (χ1) is 11.6. The molecule has 0 bridgehead atoms. The van der Waals surface area contributed by atoms with E-state index < -0.39 is 0 Å². The maximum absolute atomic E-state index is 13.4. The van der Waals surface area contributed by atoms with Gasteiger partial charge in [0.2, 0.25) is 0 Å². The second kappa shape index (κ2) is 6.02. The lowest BCUT2D eigenvalue weighted by Gasteiger charge is -2.22. The highest BCUT2D eigenvalue weighted by Crippen LogP contribution is 2.31. The number of nitrogens with one attached hydrogen (secondary N) is 1. The van der Waals surface area contributed by atoms with Crippen LogP contribution in [0.25, 0.3) is 11.0 Å². The van der Waals surface area contributed by atoms with Gasteiger partial charge in [-0.15, -0.1) is 0 Å². The van der Waals surface area contributed by atoms with Crippen LogP contribution in [0.15, 0.2) is 22.7 Å². The van der Waals surface area contributed by atoms with Gasteiger partial charge < -0.3 is 9.51 Å². The lowest BCUT2D eigenvalue weighted by molar-refractivity contribution is 0.252. The smallest absolute Gasteiger partial charge is 0.137 e. The van der Waals surface area contributed by atoms with E-state index in [1.807, 2.05) is 13.8 Å². The molecule has 1 N–H and O–H groups in total. The van der Waals surface area contributed by atoms with Gasteiger partial charge in [-0.3, -0.25) is 4.90 Å². The van der Waals surface area contributed by atoms with Crippen molar-refractivity contribution in [1.29, 1.82) is 0 Å². The van der Waals surface area contributed by atoms with Crippen LogP contribution in [0.2, 0.25) is 0 Å². The summed E-state index contributed by atoms with van der Waals surface area (Å²) < 4.78 is 18.6. The fraction of sp³-hybridized carbons (Fsp3) is 0.444. The van der Waals surface area contributed by atoms with E-state index in [0.29, 0.717) is 0 Å². The number of nitrogens with zero attached hydrogens (tertiary/aromatic N) is 3. The SMILES string of the molecule is Cc1noc(C)c1CCN1CCCC1c1nc2ccc(F)cc2[nH]1. The predicted octanol–water partition coefficient (Wildman–Crippen LogP) is 3.69. The average Bonchev–Trinajstić information content (AvgIpc) is 3.24. The zero-order valence-electron chi connectivity index (χ0n) is 14.0. The van der Waals surface area contributed by atoms with Crippen molar-refractivity contribution in [3.05, 3.63) is 46.9 Å². The molecule has 3 heterocycles. The molecule has 1 unspecified atom stereocenters. The molecular weight excluding hydrogens is 307 g/mol. The molecule has 1 saturated heterocycles. The monoisotopic (exact) mass is 328 g/mol. The first-order valence-corrected chi connectivity index (χ1v) is 8.43. The second-order valence-electron chi connectivity index (χ2n) is 6.53. The Morgan fingerprint density at radius 3 is 3.04 bits per heavy atom. The Bertz CT molecular complexity index is 850. The van der Waals surface area contributed by atoms with E-state index >= 15 is 0 Å². The number of benzene rings is 1. The van der Waals surface area contributed by atoms with Crippen LogP contribution in [-0.4, -0.2) is 33.1 Å². The standard InChI is InChI=1S/C18H21FN4O/c1-11-14(12(2)24-22-11)7-9-23-8-3-4-17(23)18-20-15-6-5-13(19)10-16(15)21-18/h5-6,10,17H,3-4,7-9H2,1-2H3,(H,20,21). The van der Waals surface area contributed by atoms with Crippen LogP contribution < -0.4 is 0 Å². The number of hydrogen-bond acceptors (Lipinski definition) is 4. The Balaban J connectivity index is 1.53. The highest BCUT2D eigenvalue weighted by molar-refractivity contribution is 5.75. The van der Waals surface area contributed by atoms with Crippen LogP contribution in [0.3, 0.4) is 0 Å². The van der Waals surface area contributed by atoms with Crippen LogP contribution in [-0.2, 0) is 6.42 Å². The van der Waals surface area contributed by atoms with Gasteiger partial charge in [-0.1, -0.05) is 5.16 Å². The zero-order valence-corrected chi connectivity index (χ0v) is 14.0. The number of aromatic amines is 1. The van der Waals surface area contributed by atoms with Gasteiger partial charge >= 0.3 is 0 Å². The zero-order chi connectivity index (χ0) is 16.7. The minimum absolute atomic E-state index is 0.237. The van der Waals surface area contributed by atoms with Crippen molar-refractivity contribution in [1.82, 2.24) is 20.0 Å². The van der Waals surface area contributed by atoms with E-state index in [9.17, 15) is 4.39 Å². The maximum Gasteiger partial charge on any atom is 0.137 e. The Hall–Kier alpha value is -2.21. The summed E-state index contributed by atoms with van der Waals surface area (Å²) in [6, 6.07) is 4.96. The maximum atomic E-state index is 13.4. The molecule has 6 heteroatoms.